The first kappa shape index (κ1) is 17.6. The minimum Gasteiger partial charge on any atom is -0.408 e. The fourth-order valence-corrected chi connectivity index (χ4v) is 3.36. The molecule has 2 atom stereocenters. The van der Waals surface area contributed by atoms with Crippen LogP contribution < -0.4 is 11.1 Å². The molecule has 0 saturated heterocycles. The molecular formula is C17H19F3N2O3. The van der Waals surface area contributed by atoms with Crippen molar-refractivity contribution in [1.82, 2.24) is 9.88 Å². The van der Waals surface area contributed by atoms with Gasteiger partial charge < -0.3 is 9.73 Å². The molecule has 1 fully saturated rings. The maximum atomic E-state index is 12.8. The summed E-state index contributed by atoms with van der Waals surface area (Å²) >= 11 is 0. The lowest BCUT2D eigenvalue weighted by Crippen LogP contribution is -2.41. The number of carbonyl (C=O) groups is 1. The Balaban J connectivity index is 1.58. The van der Waals surface area contributed by atoms with Crippen molar-refractivity contribution < 1.29 is 22.4 Å². The number of halogens is 3. The van der Waals surface area contributed by atoms with Crippen LogP contribution in [0.5, 0.6) is 0 Å². The predicted molar refractivity (Wildman–Crippen MR) is 85.0 cm³/mol. The van der Waals surface area contributed by atoms with Gasteiger partial charge in [0.25, 0.3) is 0 Å². The zero-order valence-corrected chi connectivity index (χ0v) is 13.5. The number of oxazole rings is 1. The lowest BCUT2D eigenvalue weighted by atomic mass is 9.85. The molecule has 1 amide bonds. The van der Waals surface area contributed by atoms with Gasteiger partial charge in [-0.05, 0) is 31.4 Å². The van der Waals surface area contributed by atoms with Gasteiger partial charge in [0.1, 0.15) is 0 Å². The maximum absolute atomic E-state index is 12.8. The standard InChI is InChI=1S/C17H19F3N2O3/c18-17(19,20)11-4-3-5-12(10-11)21-15(23)8-9-22-13-6-1-2-7-14(13)25-16(22)24/h1-2,6-7,11-12H,3-5,8-10H2,(H,21,23)/t11-,12+/m1/s1. The highest BCUT2D eigenvalue weighted by molar-refractivity contribution is 5.77. The van der Waals surface area contributed by atoms with Gasteiger partial charge in [0.05, 0.1) is 11.4 Å². The molecule has 0 spiro atoms. The van der Waals surface area contributed by atoms with Crippen LogP contribution in [0.4, 0.5) is 13.2 Å². The summed E-state index contributed by atoms with van der Waals surface area (Å²) in [6, 6.07) is 6.40. The number of hydrogen-bond donors (Lipinski definition) is 1. The number of rotatable bonds is 4. The minimum absolute atomic E-state index is 0.0105. The Hall–Kier alpha value is -2.25. The fraction of sp³-hybridized carbons (Fsp3) is 0.529. The van der Waals surface area contributed by atoms with Crippen LogP contribution in [0.3, 0.4) is 0 Å². The van der Waals surface area contributed by atoms with Gasteiger partial charge in [-0.15, -0.1) is 0 Å². The number of hydrogen-bond acceptors (Lipinski definition) is 3. The highest BCUT2D eigenvalue weighted by Gasteiger charge is 2.42. The average Bonchev–Trinajstić information content (AvgIpc) is 2.87. The van der Waals surface area contributed by atoms with Crippen molar-refractivity contribution in [1.29, 1.82) is 0 Å². The molecule has 3 rings (SSSR count). The largest absolute Gasteiger partial charge is 0.419 e. The Bertz CT molecular complexity index is 809. The van der Waals surface area contributed by atoms with E-state index in [1.165, 1.54) is 4.57 Å². The molecule has 25 heavy (non-hydrogen) atoms. The zero-order chi connectivity index (χ0) is 18.0. The second-order valence-corrected chi connectivity index (χ2v) is 6.41. The summed E-state index contributed by atoms with van der Waals surface area (Å²) in [6.07, 6.45) is -3.17. The predicted octanol–water partition coefficient (Wildman–Crippen LogP) is 3.22. The number of carbonyl (C=O) groups excluding carboxylic acids is 1. The lowest BCUT2D eigenvalue weighted by molar-refractivity contribution is -0.184. The molecule has 8 heteroatoms. The summed E-state index contributed by atoms with van der Waals surface area (Å²) in [5.41, 5.74) is 1.03. The van der Waals surface area contributed by atoms with Gasteiger partial charge in [-0.3, -0.25) is 9.36 Å². The number of fused-ring (bicyclic) bond motifs is 1. The number of benzene rings is 1. The number of amides is 1. The smallest absolute Gasteiger partial charge is 0.408 e. The number of nitrogens with zero attached hydrogens (tertiary/aromatic N) is 1. The molecule has 1 N–H and O–H groups in total. The SMILES string of the molecule is O=C(CCn1c(=O)oc2ccccc21)N[C@H]1CCC[C@@H](C(F)(F)F)C1. The summed E-state index contributed by atoms with van der Waals surface area (Å²) in [4.78, 5) is 23.9. The second kappa shape index (κ2) is 6.93. The van der Waals surface area contributed by atoms with Gasteiger partial charge in [0, 0.05) is 19.0 Å². The van der Waals surface area contributed by atoms with E-state index < -0.39 is 23.9 Å². The third-order valence-corrected chi connectivity index (χ3v) is 4.64. The molecule has 1 aromatic carbocycles. The molecule has 0 aliphatic heterocycles. The van der Waals surface area contributed by atoms with Crippen LogP contribution in [-0.2, 0) is 11.3 Å². The first-order valence-electron chi connectivity index (χ1n) is 8.29. The molecule has 0 radical (unpaired) electrons. The van der Waals surface area contributed by atoms with Gasteiger partial charge in [-0.25, -0.2) is 4.79 Å². The van der Waals surface area contributed by atoms with Crippen LogP contribution in [0.2, 0.25) is 0 Å². The molecule has 0 bridgehead atoms. The molecule has 1 aromatic heterocycles. The highest BCUT2D eigenvalue weighted by atomic mass is 19.4. The number of alkyl halides is 3. The molecular weight excluding hydrogens is 337 g/mol. The Labute approximate surface area is 141 Å². The Morgan fingerprint density at radius 3 is 2.80 bits per heavy atom. The van der Waals surface area contributed by atoms with Crippen LogP contribution >= 0.6 is 0 Å². The van der Waals surface area contributed by atoms with Crippen molar-refractivity contribution in [2.75, 3.05) is 0 Å². The van der Waals surface area contributed by atoms with E-state index in [9.17, 15) is 22.8 Å². The van der Waals surface area contributed by atoms with Crippen molar-refractivity contribution >= 4 is 17.0 Å². The van der Waals surface area contributed by atoms with Crippen LogP contribution in [0, 0.1) is 5.92 Å². The minimum atomic E-state index is -4.22. The Kier molecular flexibility index (Phi) is 4.87. The van der Waals surface area contributed by atoms with Gasteiger partial charge >= 0.3 is 11.9 Å². The Morgan fingerprint density at radius 2 is 2.04 bits per heavy atom. The van der Waals surface area contributed by atoms with Crippen LogP contribution in [0.25, 0.3) is 11.1 Å². The first-order chi connectivity index (χ1) is 11.8. The quantitative estimate of drug-likeness (QED) is 0.915. The maximum Gasteiger partial charge on any atom is 0.419 e. The third kappa shape index (κ3) is 4.05. The monoisotopic (exact) mass is 356 g/mol. The van der Waals surface area contributed by atoms with E-state index in [1.54, 1.807) is 24.3 Å². The van der Waals surface area contributed by atoms with Gasteiger partial charge in [-0.2, -0.15) is 13.2 Å². The van der Waals surface area contributed by atoms with E-state index in [4.69, 9.17) is 4.42 Å². The number of nitrogens with one attached hydrogen (secondary N) is 1. The molecule has 1 aliphatic carbocycles. The average molecular weight is 356 g/mol. The van der Waals surface area contributed by atoms with Crippen molar-refractivity contribution in [3.63, 3.8) is 0 Å². The van der Waals surface area contributed by atoms with Crippen molar-refractivity contribution in [3.05, 3.63) is 34.8 Å². The first-order valence-corrected chi connectivity index (χ1v) is 8.29. The normalized spacial score (nSPS) is 21.4. The Morgan fingerprint density at radius 1 is 1.28 bits per heavy atom. The fourth-order valence-electron chi connectivity index (χ4n) is 3.36. The molecule has 1 aliphatic rings. The van der Waals surface area contributed by atoms with Gasteiger partial charge in [0.2, 0.25) is 5.91 Å². The zero-order valence-electron chi connectivity index (χ0n) is 13.5. The van der Waals surface area contributed by atoms with E-state index in [2.05, 4.69) is 5.32 Å². The number of aromatic nitrogens is 1. The van der Waals surface area contributed by atoms with E-state index in [0.29, 0.717) is 23.9 Å². The molecule has 2 aromatic rings. The summed E-state index contributed by atoms with van der Waals surface area (Å²) in [6.45, 7) is 0.122. The summed E-state index contributed by atoms with van der Waals surface area (Å²) in [5, 5.41) is 2.67. The van der Waals surface area contributed by atoms with E-state index in [0.717, 1.165) is 0 Å². The van der Waals surface area contributed by atoms with Crippen LogP contribution in [0.1, 0.15) is 32.1 Å². The van der Waals surface area contributed by atoms with Crippen molar-refractivity contribution in [2.24, 2.45) is 5.92 Å². The van der Waals surface area contributed by atoms with Gasteiger partial charge in [-0.1, -0.05) is 18.6 Å². The van der Waals surface area contributed by atoms with Crippen LogP contribution in [0.15, 0.2) is 33.5 Å². The van der Waals surface area contributed by atoms with Crippen LogP contribution in [-0.4, -0.2) is 22.7 Å². The summed E-state index contributed by atoms with van der Waals surface area (Å²) < 4.78 is 44.9. The second-order valence-electron chi connectivity index (χ2n) is 6.41. The molecule has 1 saturated carbocycles. The van der Waals surface area contributed by atoms with E-state index in [-0.39, 0.29) is 31.7 Å². The number of aryl methyl sites for hydroxylation is 1. The van der Waals surface area contributed by atoms with Crippen molar-refractivity contribution in [3.8, 4) is 0 Å². The van der Waals surface area contributed by atoms with Gasteiger partial charge in [0.15, 0.2) is 5.58 Å². The third-order valence-electron chi connectivity index (χ3n) is 4.64. The molecule has 0 unspecified atom stereocenters. The van der Waals surface area contributed by atoms with E-state index in [1.807, 2.05) is 0 Å². The molecule has 1 heterocycles. The van der Waals surface area contributed by atoms with Crippen molar-refractivity contribution in [2.45, 2.75) is 50.9 Å². The topological polar surface area (TPSA) is 64.2 Å². The summed E-state index contributed by atoms with van der Waals surface area (Å²) in [5.74, 6) is -2.26. The molecule has 5 nitrogen and oxygen atoms in total. The highest BCUT2D eigenvalue weighted by Crippen LogP contribution is 2.37. The number of para-hydroxylation sites is 2. The lowest BCUT2D eigenvalue weighted by Gasteiger charge is -2.31. The summed E-state index contributed by atoms with van der Waals surface area (Å²) in [7, 11) is 0. The molecule has 136 valence electrons. The van der Waals surface area contributed by atoms with E-state index >= 15 is 0 Å².